The van der Waals surface area contributed by atoms with Crippen molar-refractivity contribution in [3.8, 4) is 12.3 Å². The fourth-order valence-electron chi connectivity index (χ4n) is 1.74. The predicted octanol–water partition coefficient (Wildman–Crippen LogP) is 1.36. The molecular formula is C13H17ClN4O. The van der Waals surface area contributed by atoms with Crippen molar-refractivity contribution in [2.24, 2.45) is 0 Å². The van der Waals surface area contributed by atoms with E-state index in [1.54, 1.807) is 4.90 Å². The lowest BCUT2D eigenvalue weighted by molar-refractivity contribution is -0.116. The molecule has 0 saturated carbocycles. The van der Waals surface area contributed by atoms with Crippen molar-refractivity contribution in [1.29, 1.82) is 0 Å². The normalized spacial score (nSPS) is 9.89. The van der Waals surface area contributed by atoms with Crippen LogP contribution in [0.15, 0.2) is 0 Å². The molecule has 0 aromatic carbocycles. The molecule has 0 bridgehead atoms. The summed E-state index contributed by atoms with van der Waals surface area (Å²) in [5, 5.41) is 0. The van der Waals surface area contributed by atoms with Gasteiger partial charge in [-0.1, -0.05) is 5.92 Å². The summed E-state index contributed by atoms with van der Waals surface area (Å²) < 4.78 is 0. The Morgan fingerprint density at radius 1 is 1.32 bits per heavy atom. The molecule has 1 aromatic rings. The van der Waals surface area contributed by atoms with Gasteiger partial charge in [0.1, 0.15) is 5.88 Å². The number of anilines is 2. The van der Waals surface area contributed by atoms with Crippen LogP contribution in [0.4, 0.5) is 11.6 Å². The van der Waals surface area contributed by atoms with Crippen molar-refractivity contribution in [3.63, 3.8) is 0 Å². The predicted molar refractivity (Wildman–Crippen MR) is 77.7 cm³/mol. The molecule has 19 heavy (non-hydrogen) atoms. The van der Waals surface area contributed by atoms with Crippen LogP contribution in [0, 0.1) is 26.2 Å². The minimum Gasteiger partial charge on any atom is -0.347 e. The maximum absolute atomic E-state index is 11.9. The van der Waals surface area contributed by atoms with Crippen LogP contribution in [-0.4, -0.2) is 42.4 Å². The van der Waals surface area contributed by atoms with E-state index in [9.17, 15) is 4.79 Å². The average Bonchev–Trinajstić information content (AvgIpc) is 2.35. The summed E-state index contributed by atoms with van der Waals surface area (Å²) in [6.07, 6.45) is 5.30. The SMILES string of the molecule is C#CCN(C(=O)CCl)c1c(C)nc(N(C)C)nc1C. The van der Waals surface area contributed by atoms with Crippen LogP contribution in [0.2, 0.25) is 0 Å². The molecule has 5 nitrogen and oxygen atoms in total. The van der Waals surface area contributed by atoms with Gasteiger partial charge in [-0.15, -0.1) is 18.0 Å². The summed E-state index contributed by atoms with van der Waals surface area (Å²) in [5.74, 6) is 2.66. The standard InChI is InChI=1S/C13H17ClN4O/c1-6-7-18(11(19)8-14)12-9(2)15-13(17(4)5)16-10(12)3/h1H,7-8H2,2-5H3. The smallest absolute Gasteiger partial charge is 0.242 e. The molecular weight excluding hydrogens is 264 g/mol. The Morgan fingerprint density at radius 3 is 2.21 bits per heavy atom. The largest absolute Gasteiger partial charge is 0.347 e. The number of carbonyl (C=O) groups is 1. The summed E-state index contributed by atoms with van der Waals surface area (Å²) in [4.78, 5) is 23.8. The highest BCUT2D eigenvalue weighted by Crippen LogP contribution is 2.24. The molecule has 1 rings (SSSR count). The number of aryl methyl sites for hydroxylation is 2. The van der Waals surface area contributed by atoms with Crippen LogP contribution in [-0.2, 0) is 4.79 Å². The van der Waals surface area contributed by atoms with Gasteiger partial charge in [0.15, 0.2) is 0 Å². The number of hydrogen-bond acceptors (Lipinski definition) is 4. The van der Waals surface area contributed by atoms with Gasteiger partial charge >= 0.3 is 0 Å². The zero-order chi connectivity index (χ0) is 14.6. The lowest BCUT2D eigenvalue weighted by Crippen LogP contribution is -2.34. The number of amides is 1. The van der Waals surface area contributed by atoms with Gasteiger partial charge in [0.2, 0.25) is 11.9 Å². The lowest BCUT2D eigenvalue weighted by Gasteiger charge is -2.23. The second-order valence-electron chi connectivity index (χ2n) is 4.26. The van der Waals surface area contributed by atoms with Crippen molar-refractivity contribution >= 4 is 29.1 Å². The Morgan fingerprint density at radius 2 is 1.84 bits per heavy atom. The molecule has 0 saturated heterocycles. The second-order valence-corrected chi connectivity index (χ2v) is 4.52. The number of terminal acetylenes is 1. The van der Waals surface area contributed by atoms with Crippen LogP contribution in [0.25, 0.3) is 0 Å². The monoisotopic (exact) mass is 280 g/mol. The van der Waals surface area contributed by atoms with Crippen LogP contribution in [0.3, 0.4) is 0 Å². The van der Waals surface area contributed by atoms with Crippen LogP contribution in [0.5, 0.6) is 0 Å². The third kappa shape index (κ3) is 3.36. The highest BCUT2D eigenvalue weighted by Gasteiger charge is 2.20. The van der Waals surface area contributed by atoms with E-state index in [-0.39, 0.29) is 18.3 Å². The number of nitrogens with zero attached hydrogens (tertiary/aromatic N) is 4. The molecule has 0 unspecified atom stereocenters. The fourth-order valence-corrected chi connectivity index (χ4v) is 1.88. The van der Waals surface area contributed by atoms with Crippen molar-refractivity contribution in [2.75, 3.05) is 36.3 Å². The molecule has 0 fully saturated rings. The molecule has 0 aliphatic heterocycles. The Kier molecular flexibility index (Phi) is 5.13. The number of alkyl halides is 1. The number of hydrogen-bond donors (Lipinski definition) is 0. The van der Waals surface area contributed by atoms with E-state index in [0.29, 0.717) is 23.0 Å². The molecule has 0 aliphatic rings. The van der Waals surface area contributed by atoms with Gasteiger partial charge in [-0.05, 0) is 13.8 Å². The molecule has 0 atom stereocenters. The molecule has 1 heterocycles. The van der Waals surface area contributed by atoms with E-state index in [4.69, 9.17) is 18.0 Å². The lowest BCUT2D eigenvalue weighted by atomic mass is 10.2. The van der Waals surface area contributed by atoms with Crippen LogP contribution in [0.1, 0.15) is 11.4 Å². The Bertz CT molecular complexity index is 499. The van der Waals surface area contributed by atoms with E-state index >= 15 is 0 Å². The van der Waals surface area contributed by atoms with Crippen molar-refractivity contribution in [2.45, 2.75) is 13.8 Å². The number of aromatic nitrogens is 2. The molecule has 1 aromatic heterocycles. The molecule has 0 radical (unpaired) electrons. The summed E-state index contributed by atoms with van der Waals surface area (Å²) in [7, 11) is 3.72. The fraction of sp³-hybridized carbons (Fsp3) is 0.462. The van der Waals surface area contributed by atoms with Crippen LogP contribution < -0.4 is 9.80 Å². The first-order valence-electron chi connectivity index (χ1n) is 5.74. The Labute approximate surface area is 118 Å². The topological polar surface area (TPSA) is 49.3 Å². The summed E-state index contributed by atoms with van der Waals surface area (Å²) in [5.41, 5.74) is 2.03. The minimum atomic E-state index is -0.257. The van der Waals surface area contributed by atoms with Gasteiger partial charge in [-0.2, -0.15) is 0 Å². The van der Waals surface area contributed by atoms with Crippen molar-refractivity contribution < 1.29 is 4.79 Å². The molecule has 0 aliphatic carbocycles. The second kappa shape index (κ2) is 6.39. The van der Waals surface area contributed by atoms with Gasteiger partial charge in [-0.25, -0.2) is 9.97 Å². The highest BCUT2D eigenvalue weighted by molar-refractivity contribution is 6.29. The highest BCUT2D eigenvalue weighted by atomic mass is 35.5. The van der Waals surface area contributed by atoms with E-state index in [2.05, 4.69) is 15.9 Å². The molecule has 1 amide bonds. The van der Waals surface area contributed by atoms with Gasteiger partial charge in [-0.3, -0.25) is 9.69 Å². The maximum atomic E-state index is 11.9. The first-order chi connectivity index (χ1) is 8.92. The number of halogens is 1. The molecule has 0 N–H and O–H groups in total. The third-order valence-electron chi connectivity index (χ3n) is 2.56. The molecule has 102 valence electrons. The molecule has 0 spiro atoms. The van der Waals surface area contributed by atoms with Gasteiger partial charge in [0, 0.05) is 14.1 Å². The van der Waals surface area contributed by atoms with E-state index < -0.39 is 0 Å². The number of carbonyl (C=O) groups excluding carboxylic acids is 1. The Balaban J connectivity index is 3.32. The zero-order valence-corrected chi connectivity index (χ0v) is 12.3. The zero-order valence-electron chi connectivity index (χ0n) is 11.6. The third-order valence-corrected chi connectivity index (χ3v) is 2.78. The van der Waals surface area contributed by atoms with Crippen molar-refractivity contribution in [1.82, 2.24) is 9.97 Å². The van der Waals surface area contributed by atoms with E-state index in [1.807, 2.05) is 27.9 Å². The van der Waals surface area contributed by atoms with Gasteiger partial charge in [0.25, 0.3) is 0 Å². The van der Waals surface area contributed by atoms with Crippen molar-refractivity contribution in [3.05, 3.63) is 11.4 Å². The van der Waals surface area contributed by atoms with Crippen LogP contribution >= 0.6 is 11.6 Å². The van der Waals surface area contributed by atoms with E-state index in [1.165, 1.54) is 4.90 Å². The summed E-state index contributed by atoms with van der Waals surface area (Å²) in [6.45, 7) is 3.79. The summed E-state index contributed by atoms with van der Waals surface area (Å²) in [6, 6.07) is 0. The first-order valence-corrected chi connectivity index (χ1v) is 6.28. The summed E-state index contributed by atoms with van der Waals surface area (Å²) >= 11 is 5.61. The number of rotatable bonds is 4. The minimum absolute atomic E-state index is 0.129. The Hall–Kier alpha value is -1.80. The van der Waals surface area contributed by atoms with Gasteiger partial charge in [0.05, 0.1) is 23.6 Å². The first kappa shape index (κ1) is 15.3. The average molecular weight is 281 g/mol. The maximum Gasteiger partial charge on any atom is 0.242 e. The van der Waals surface area contributed by atoms with E-state index in [0.717, 1.165) is 0 Å². The van der Waals surface area contributed by atoms with Gasteiger partial charge < -0.3 is 4.90 Å². The quantitative estimate of drug-likeness (QED) is 0.617. The molecule has 6 heteroatoms.